The van der Waals surface area contributed by atoms with Crippen LogP contribution in [0.2, 0.25) is 0 Å². The molecule has 4 nitrogen and oxygen atoms in total. The Morgan fingerprint density at radius 1 is 1.22 bits per heavy atom. The van der Waals surface area contributed by atoms with Gasteiger partial charge in [0.1, 0.15) is 6.26 Å². The number of likely N-dealkylation sites (N-methyl/N-ethyl adjacent to an activating group) is 1. The second kappa shape index (κ2) is 5.78. The van der Waals surface area contributed by atoms with Crippen LogP contribution < -0.4 is 5.32 Å². The van der Waals surface area contributed by atoms with Crippen LogP contribution in [0.5, 0.6) is 0 Å². The molecule has 0 aliphatic rings. The molecule has 2 aromatic heterocycles. The summed E-state index contributed by atoms with van der Waals surface area (Å²) in [5, 5.41) is 3.32. The van der Waals surface area contributed by atoms with Gasteiger partial charge in [0.05, 0.1) is 11.8 Å². The Balaban J connectivity index is 2.24. The van der Waals surface area contributed by atoms with Crippen molar-refractivity contribution in [3.05, 3.63) is 35.5 Å². The van der Waals surface area contributed by atoms with Crippen molar-refractivity contribution in [3.8, 4) is 11.4 Å². The molecule has 2 aromatic rings. The van der Waals surface area contributed by atoms with Crippen LogP contribution in [0.25, 0.3) is 11.4 Å². The van der Waals surface area contributed by atoms with E-state index in [2.05, 4.69) is 22.2 Å². The molecule has 0 aliphatic carbocycles. The quantitative estimate of drug-likeness (QED) is 0.822. The molecule has 2 rings (SSSR count). The molecule has 2 heterocycles. The predicted molar refractivity (Wildman–Crippen MR) is 71.5 cm³/mol. The van der Waals surface area contributed by atoms with E-state index in [4.69, 9.17) is 4.42 Å². The van der Waals surface area contributed by atoms with Gasteiger partial charge in [0.2, 0.25) is 0 Å². The van der Waals surface area contributed by atoms with E-state index in [1.54, 1.807) is 12.5 Å². The summed E-state index contributed by atoms with van der Waals surface area (Å²) in [6.07, 6.45) is 4.28. The van der Waals surface area contributed by atoms with Crippen LogP contribution in [0.3, 0.4) is 0 Å². The minimum absolute atomic E-state index is 0.742. The second-order valence-electron chi connectivity index (χ2n) is 4.31. The van der Waals surface area contributed by atoms with E-state index in [9.17, 15) is 0 Å². The Kier molecular flexibility index (Phi) is 4.10. The van der Waals surface area contributed by atoms with Crippen molar-refractivity contribution in [2.75, 3.05) is 13.1 Å². The molecule has 4 heteroatoms. The van der Waals surface area contributed by atoms with Crippen molar-refractivity contribution in [1.29, 1.82) is 0 Å². The van der Waals surface area contributed by atoms with Crippen molar-refractivity contribution >= 4 is 0 Å². The van der Waals surface area contributed by atoms with E-state index in [0.29, 0.717) is 0 Å². The monoisotopic (exact) mass is 245 g/mol. The number of hydrogen-bond acceptors (Lipinski definition) is 4. The maximum atomic E-state index is 5.07. The lowest BCUT2D eigenvalue weighted by Crippen LogP contribution is -2.17. The fourth-order valence-corrected chi connectivity index (χ4v) is 2.01. The first-order chi connectivity index (χ1) is 8.72. The molecule has 0 saturated heterocycles. The lowest BCUT2D eigenvalue weighted by molar-refractivity contribution is 0.568. The second-order valence-corrected chi connectivity index (χ2v) is 4.31. The fraction of sp³-hybridized carbons (Fsp3) is 0.429. The van der Waals surface area contributed by atoms with Gasteiger partial charge in [0.25, 0.3) is 0 Å². The molecule has 0 amide bonds. The van der Waals surface area contributed by atoms with Gasteiger partial charge in [-0.1, -0.05) is 6.92 Å². The Bertz CT molecular complexity index is 483. The standard InChI is InChI=1S/C14H19N3O/c1-4-15-7-5-13-10(2)16-14(17-11(13)3)12-6-8-18-9-12/h6,8-9,15H,4-5,7H2,1-3H3. The van der Waals surface area contributed by atoms with Crippen molar-refractivity contribution in [3.63, 3.8) is 0 Å². The summed E-state index contributed by atoms with van der Waals surface area (Å²) in [5.74, 6) is 0.742. The van der Waals surface area contributed by atoms with Gasteiger partial charge in [-0.2, -0.15) is 0 Å². The first kappa shape index (κ1) is 12.8. The zero-order valence-corrected chi connectivity index (χ0v) is 11.2. The van der Waals surface area contributed by atoms with Crippen LogP contribution in [0.15, 0.2) is 23.0 Å². The average molecular weight is 245 g/mol. The Morgan fingerprint density at radius 2 is 1.94 bits per heavy atom. The first-order valence-corrected chi connectivity index (χ1v) is 6.29. The topological polar surface area (TPSA) is 51.0 Å². The highest BCUT2D eigenvalue weighted by Gasteiger charge is 2.10. The molecule has 0 unspecified atom stereocenters. The molecule has 0 fully saturated rings. The maximum absolute atomic E-state index is 5.07. The predicted octanol–water partition coefficient (Wildman–Crippen LogP) is 2.51. The molecule has 1 N–H and O–H groups in total. The number of aryl methyl sites for hydroxylation is 2. The van der Waals surface area contributed by atoms with Crippen LogP contribution in [0.4, 0.5) is 0 Å². The molecular formula is C14H19N3O. The van der Waals surface area contributed by atoms with Gasteiger partial charge in [0.15, 0.2) is 5.82 Å². The molecule has 0 atom stereocenters. The maximum Gasteiger partial charge on any atom is 0.162 e. The van der Waals surface area contributed by atoms with Gasteiger partial charge < -0.3 is 9.73 Å². The summed E-state index contributed by atoms with van der Waals surface area (Å²) in [4.78, 5) is 9.11. The number of furan rings is 1. The third kappa shape index (κ3) is 2.76. The largest absolute Gasteiger partial charge is 0.472 e. The first-order valence-electron chi connectivity index (χ1n) is 6.29. The fourth-order valence-electron chi connectivity index (χ4n) is 2.01. The molecular weight excluding hydrogens is 226 g/mol. The van der Waals surface area contributed by atoms with Gasteiger partial charge in [-0.3, -0.25) is 0 Å². The lowest BCUT2D eigenvalue weighted by Gasteiger charge is -2.10. The van der Waals surface area contributed by atoms with E-state index in [1.807, 2.05) is 19.9 Å². The molecule has 0 aliphatic heterocycles. The zero-order valence-electron chi connectivity index (χ0n) is 11.2. The van der Waals surface area contributed by atoms with E-state index in [0.717, 1.165) is 42.3 Å². The van der Waals surface area contributed by atoms with Crippen LogP contribution in [0.1, 0.15) is 23.9 Å². The van der Waals surface area contributed by atoms with Crippen LogP contribution >= 0.6 is 0 Å². The summed E-state index contributed by atoms with van der Waals surface area (Å²) < 4.78 is 5.07. The van der Waals surface area contributed by atoms with E-state index in [-0.39, 0.29) is 0 Å². The third-order valence-electron chi connectivity index (χ3n) is 3.00. The van der Waals surface area contributed by atoms with E-state index >= 15 is 0 Å². The number of hydrogen-bond donors (Lipinski definition) is 1. The van der Waals surface area contributed by atoms with E-state index < -0.39 is 0 Å². The number of aromatic nitrogens is 2. The van der Waals surface area contributed by atoms with Gasteiger partial charge in [0, 0.05) is 11.4 Å². The zero-order chi connectivity index (χ0) is 13.0. The van der Waals surface area contributed by atoms with Crippen LogP contribution in [-0.2, 0) is 6.42 Å². The van der Waals surface area contributed by atoms with Gasteiger partial charge in [-0.05, 0) is 45.0 Å². The molecule has 0 bridgehead atoms. The summed E-state index contributed by atoms with van der Waals surface area (Å²) in [6, 6.07) is 1.88. The van der Waals surface area contributed by atoms with Crippen molar-refractivity contribution in [2.24, 2.45) is 0 Å². The normalized spacial score (nSPS) is 10.8. The Morgan fingerprint density at radius 3 is 2.50 bits per heavy atom. The number of nitrogens with one attached hydrogen (secondary N) is 1. The van der Waals surface area contributed by atoms with Crippen molar-refractivity contribution in [2.45, 2.75) is 27.2 Å². The summed E-state index contributed by atoms with van der Waals surface area (Å²) in [5.41, 5.74) is 4.27. The third-order valence-corrected chi connectivity index (χ3v) is 3.00. The highest BCUT2D eigenvalue weighted by Crippen LogP contribution is 2.19. The van der Waals surface area contributed by atoms with Crippen molar-refractivity contribution < 1.29 is 4.42 Å². The molecule has 18 heavy (non-hydrogen) atoms. The van der Waals surface area contributed by atoms with E-state index in [1.165, 1.54) is 5.56 Å². The number of nitrogens with zero attached hydrogens (tertiary/aromatic N) is 2. The molecule has 0 radical (unpaired) electrons. The Labute approximate surface area is 107 Å². The summed E-state index contributed by atoms with van der Waals surface area (Å²) >= 11 is 0. The molecule has 96 valence electrons. The minimum atomic E-state index is 0.742. The van der Waals surface area contributed by atoms with Gasteiger partial charge >= 0.3 is 0 Å². The highest BCUT2D eigenvalue weighted by atomic mass is 16.3. The average Bonchev–Trinajstić information content (AvgIpc) is 2.86. The van der Waals surface area contributed by atoms with Crippen LogP contribution in [0, 0.1) is 13.8 Å². The Hall–Kier alpha value is -1.68. The van der Waals surface area contributed by atoms with Crippen LogP contribution in [-0.4, -0.2) is 23.1 Å². The number of rotatable bonds is 5. The summed E-state index contributed by atoms with van der Waals surface area (Å²) in [6.45, 7) is 8.15. The van der Waals surface area contributed by atoms with Gasteiger partial charge in [-0.15, -0.1) is 0 Å². The molecule has 0 spiro atoms. The summed E-state index contributed by atoms with van der Waals surface area (Å²) in [7, 11) is 0. The lowest BCUT2D eigenvalue weighted by atomic mass is 10.1. The van der Waals surface area contributed by atoms with Gasteiger partial charge in [-0.25, -0.2) is 9.97 Å². The SMILES string of the molecule is CCNCCc1c(C)nc(-c2ccoc2)nc1C. The molecule has 0 aromatic carbocycles. The minimum Gasteiger partial charge on any atom is -0.472 e. The molecule has 0 saturated carbocycles. The smallest absolute Gasteiger partial charge is 0.162 e. The highest BCUT2D eigenvalue weighted by molar-refractivity contribution is 5.53. The van der Waals surface area contributed by atoms with Crippen molar-refractivity contribution in [1.82, 2.24) is 15.3 Å².